The Hall–Kier alpha value is 0.270. The van der Waals surface area contributed by atoms with E-state index >= 15 is 0 Å². The first-order valence-electron chi connectivity index (χ1n) is 5.70. The molecule has 2 heterocycles. The summed E-state index contributed by atoms with van der Waals surface area (Å²) in [6, 6.07) is 0.622. The molecule has 0 aliphatic carbocycles. The first-order chi connectivity index (χ1) is 6.90. The molecule has 0 spiro atoms. The van der Waals surface area contributed by atoms with E-state index in [4.69, 9.17) is 4.74 Å². The van der Waals surface area contributed by atoms with Crippen LogP contribution in [-0.4, -0.2) is 37.8 Å². The minimum absolute atomic E-state index is 0.622. The van der Waals surface area contributed by atoms with E-state index < -0.39 is 0 Å². The van der Waals surface area contributed by atoms with Crippen LogP contribution in [0.25, 0.3) is 0 Å². The zero-order valence-electron chi connectivity index (χ0n) is 9.00. The molecule has 2 saturated heterocycles. The summed E-state index contributed by atoms with van der Waals surface area (Å²) in [5, 5.41) is 3.57. The molecule has 14 heavy (non-hydrogen) atoms. The average Bonchev–Trinajstić information content (AvgIpc) is 2.68. The Labute approximate surface area is 91.2 Å². The Morgan fingerprint density at radius 3 is 3.07 bits per heavy atom. The number of thioether (sulfide) groups is 1. The van der Waals surface area contributed by atoms with Gasteiger partial charge in [-0.25, -0.2) is 0 Å². The standard InChI is InChI=1S/C11H21NOS/c1-13-7-11-5-10(6-12-11)9-3-2-4-14-8-9/h9-12H,2-8H2,1H3. The van der Waals surface area contributed by atoms with Crippen LogP contribution < -0.4 is 5.32 Å². The first kappa shape index (κ1) is 10.8. The van der Waals surface area contributed by atoms with E-state index in [1.807, 2.05) is 0 Å². The van der Waals surface area contributed by atoms with Crippen LogP contribution in [0.3, 0.4) is 0 Å². The van der Waals surface area contributed by atoms with Crippen LogP contribution in [0.15, 0.2) is 0 Å². The van der Waals surface area contributed by atoms with Gasteiger partial charge in [-0.05, 0) is 49.1 Å². The van der Waals surface area contributed by atoms with E-state index in [1.54, 1.807) is 7.11 Å². The summed E-state index contributed by atoms with van der Waals surface area (Å²) in [4.78, 5) is 0. The van der Waals surface area contributed by atoms with Gasteiger partial charge in [0.15, 0.2) is 0 Å². The maximum absolute atomic E-state index is 5.19. The molecule has 2 fully saturated rings. The largest absolute Gasteiger partial charge is 0.383 e. The van der Waals surface area contributed by atoms with Gasteiger partial charge in [0.05, 0.1) is 6.61 Å². The molecule has 2 nitrogen and oxygen atoms in total. The normalized spacial score (nSPS) is 38.8. The van der Waals surface area contributed by atoms with Crippen molar-refractivity contribution in [1.29, 1.82) is 0 Å². The molecule has 0 bridgehead atoms. The molecule has 0 aromatic carbocycles. The fraction of sp³-hybridized carbons (Fsp3) is 1.00. The van der Waals surface area contributed by atoms with Crippen molar-refractivity contribution in [3.8, 4) is 0 Å². The molecule has 3 atom stereocenters. The lowest BCUT2D eigenvalue weighted by atomic mass is 9.88. The minimum Gasteiger partial charge on any atom is -0.383 e. The number of nitrogens with one attached hydrogen (secondary N) is 1. The van der Waals surface area contributed by atoms with Crippen molar-refractivity contribution in [2.45, 2.75) is 25.3 Å². The van der Waals surface area contributed by atoms with Crippen LogP contribution in [0.1, 0.15) is 19.3 Å². The van der Waals surface area contributed by atoms with Gasteiger partial charge >= 0.3 is 0 Å². The maximum atomic E-state index is 5.19. The fourth-order valence-corrected chi connectivity index (χ4v) is 3.95. The fourth-order valence-electron chi connectivity index (χ4n) is 2.67. The first-order valence-corrected chi connectivity index (χ1v) is 6.85. The molecule has 0 aromatic rings. The molecule has 0 aromatic heterocycles. The molecule has 2 aliphatic heterocycles. The number of ether oxygens (including phenoxy) is 1. The third kappa shape index (κ3) is 2.65. The summed E-state index contributed by atoms with van der Waals surface area (Å²) in [7, 11) is 1.80. The summed E-state index contributed by atoms with van der Waals surface area (Å²) in [5.74, 6) is 4.68. The van der Waals surface area contributed by atoms with Crippen molar-refractivity contribution < 1.29 is 4.74 Å². The number of methoxy groups -OCH3 is 1. The van der Waals surface area contributed by atoms with Crippen molar-refractivity contribution in [2.24, 2.45) is 11.8 Å². The molecular formula is C11H21NOS. The van der Waals surface area contributed by atoms with Crippen LogP contribution in [-0.2, 0) is 4.74 Å². The lowest BCUT2D eigenvalue weighted by molar-refractivity contribution is 0.171. The number of hydrogen-bond donors (Lipinski definition) is 1. The van der Waals surface area contributed by atoms with Gasteiger partial charge in [-0.3, -0.25) is 0 Å². The van der Waals surface area contributed by atoms with Gasteiger partial charge in [-0.2, -0.15) is 11.8 Å². The Morgan fingerprint density at radius 2 is 2.36 bits per heavy atom. The Morgan fingerprint density at radius 1 is 1.43 bits per heavy atom. The van der Waals surface area contributed by atoms with Gasteiger partial charge in [0.25, 0.3) is 0 Å². The maximum Gasteiger partial charge on any atom is 0.0615 e. The zero-order chi connectivity index (χ0) is 9.80. The highest BCUT2D eigenvalue weighted by atomic mass is 32.2. The predicted octanol–water partition coefficient (Wildman–Crippen LogP) is 1.75. The molecule has 2 rings (SSSR count). The zero-order valence-corrected chi connectivity index (χ0v) is 9.81. The highest BCUT2D eigenvalue weighted by Gasteiger charge is 2.31. The highest BCUT2D eigenvalue weighted by molar-refractivity contribution is 7.99. The molecule has 0 amide bonds. The van der Waals surface area contributed by atoms with E-state index in [0.717, 1.165) is 18.4 Å². The van der Waals surface area contributed by atoms with Gasteiger partial charge in [0.1, 0.15) is 0 Å². The second-order valence-corrected chi connectivity index (χ2v) is 5.68. The van der Waals surface area contributed by atoms with E-state index in [2.05, 4.69) is 17.1 Å². The van der Waals surface area contributed by atoms with Crippen LogP contribution in [0.5, 0.6) is 0 Å². The lowest BCUT2D eigenvalue weighted by Crippen LogP contribution is -2.26. The minimum atomic E-state index is 0.622. The summed E-state index contributed by atoms with van der Waals surface area (Å²) in [6.45, 7) is 2.11. The molecule has 1 N–H and O–H groups in total. The molecule has 2 aliphatic rings. The van der Waals surface area contributed by atoms with Gasteiger partial charge in [-0.15, -0.1) is 0 Å². The van der Waals surface area contributed by atoms with Gasteiger partial charge in [-0.1, -0.05) is 0 Å². The van der Waals surface area contributed by atoms with Crippen molar-refractivity contribution in [3.05, 3.63) is 0 Å². The number of hydrogen-bond acceptors (Lipinski definition) is 3. The quantitative estimate of drug-likeness (QED) is 0.775. The molecule has 0 radical (unpaired) electrons. The van der Waals surface area contributed by atoms with Crippen molar-refractivity contribution >= 4 is 11.8 Å². The topological polar surface area (TPSA) is 21.3 Å². The molecule has 3 unspecified atom stereocenters. The SMILES string of the molecule is COCC1CC(C2CCCSC2)CN1. The molecule has 82 valence electrons. The van der Waals surface area contributed by atoms with Crippen LogP contribution in [0, 0.1) is 11.8 Å². The summed E-state index contributed by atoms with van der Waals surface area (Å²) < 4.78 is 5.19. The Kier molecular flexibility index (Phi) is 4.14. The predicted molar refractivity (Wildman–Crippen MR) is 61.8 cm³/mol. The van der Waals surface area contributed by atoms with E-state index in [1.165, 1.54) is 37.3 Å². The second-order valence-electron chi connectivity index (χ2n) is 4.53. The lowest BCUT2D eigenvalue weighted by Gasteiger charge is -2.26. The second kappa shape index (κ2) is 5.38. The van der Waals surface area contributed by atoms with Crippen molar-refractivity contribution in [2.75, 3.05) is 31.8 Å². The third-order valence-electron chi connectivity index (χ3n) is 3.49. The Bertz CT molecular complexity index is 171. The Balaban J connectivity index is 1.76. The van der Waals surface area contributed by atoms with Gasteiger partial charge in [0.2, 0.25) is 0 Å². The molecule has 0 saturated carbocycles. The van der Waals surface area contributed by atoms with E-state index in [9.17, 15) is 0 Å². The van der Waals surface area contributed by atoms with Crippen LogP contribution >= 0.6 is 11.8 Å². The summed E-state index contributed by atoms with van der Waals surface area (Å²) in [6.07, 6.45) is 4.22. The highest BCUT2D eigenvalue weighted by Crippen LogP contribution is 2.33. The van der Waals surface area contributed by atoms with Crippen LogP contribution in [0.4, 0.5) is 0 Å². The third-order valence-corrected chi connectivity index (χ3v) is 4.73. The van der Waals surface area contributed by atoms with Crippen molar-refractivity contribution in [3.63, 3.8) is 0 Å². The van der Waals surface area contributed by atoms with Crippen LogP contribution in [0.2, 0.25) is 0 Å². The van der Waals surface area contributed by atoms with Gasteiger partial charge < -0.3 is 10.1 Å². The van der Waals surface area contributed by atoms with E-state index in [-0.39, 0.29) is 0 Å². The summed E-state index contributed by atoms with van der Waals surface area (Å²) >= 11 is 2.15. The smallest absolute Gasteiger partial charge is 0.0615 e. The monoisotopic (exact) mass is 215 g/mol. The van der Waals surface area contributed by atoms with Gasteiger partial charge in [0, 0.05) is 13.2 Å². The number of rotatable bonds is 3. The van der Waals surface area contributed by atoms with Crippen molar-refractivity contribution in [1.82, 2.24) is 5.32 Å². The molecule has 3 heteroatoms. The molecular weight excluding hydrogens is 194 g/mol. The average molecular weight is 215 g/mol. The summed E-state index contributed by atoms with van der Waals surface area (Å²) in [5.41, 5.74) is 0. The van der Waals surface area contributed by atoms with E-state index in [0.29, 0.717) is 6.04 Å².